The van der Waals surface area contributed by atoms with Crippen LogP contribution in [0.2, 0.25) is 0 Å². The number of carbonyl (C=O) groups excluding carboxylic acids is 1. The van der Waals surface area contributed by atoms with Gasteiger partial charge in [-0.25, -0.2) is 4.39 Å². The second kappa shape index (κ2) is 9.00. The van der Waals surface area contributed by atoms with E-state index < -0.39 is 0 Å². The molecule has 5 nitrogen and oxygen atoms in total. The van der Waals surface area contributed by atoms with Gasteiger partial charge in [0, 0.05) is 11.7 Å². The highest BCUT2D eigenvalue weighted by Gasteiger charge is 2.31. The molecule has 0 radical (unpaired) electrons. The highest BCUT2D eigenvalue weighted by molar-refractivity contribution is 7.99. The molecule has 1 atom stereocenters. The lowest BCUT2D eigenvalue weighted by Crippen LogP contribution is -2.16. The summed E-state index contributed by atoms with van der Waals surface area (Å²) in [6, 6.07) is 14.8. The zero-order valence-electron chi connectivity index (χ0n) is 17.1. The number of hydrogen-bond donors (Lipinski definition) is 1. The van der Waals surface area contributed by atoms with Crippen LogP contribution in [0.15, 0.2) is 53.7 Å². The van der Waals surface area contributed by atoms with Crippen molar-refractivity contribution in [3.05, 3.63) is 59.9 Å². The van der Waals surface area contributed by atoms with Crippen molar-refractivity contribution < 1.29 is 9.18 Å². The molecule has 1 amide bonds. The van der Waals surface area contributed by atoms with E-state index in [0.29, 0.717) is 22.5 Å². The zero-order chi connectivity index (χ0) is 21.1. The Bertz CT molecular complexity index is 1050. The molecule has 1 aromatic heterocycles. The molecular weight excluding hydrogens is 399 g/mol. The smallest absolute Gasteiger partial charge is 0.234 e. The number of benzene rings is 2. The van der Waals surface area contributed by atoms with Gasteiger partial charge in [0.1, 0.15) is 5.82 Å². The molecule has 1 aliphatic rings. The fraction of sp³-hybridized carbons (Fsp3) is 0.348. The Hall–Kier alpha value is -2.67. The van der Waals surface area contributed by atoms with E-state index in [1.807, 2.05) is 22.8 Å². The largest absolute Gasteiger partial charge is 0.325 e. The van der Waals surface area contributed by atoms with Crippen molar-refractivity contribution in [3.63, 3.8) is 0 Å². The molecule has 4 rings (SSSR count). The monoisotopic (exact) mass is 424 g/mol. The van der Waals surface area contributed by atoms with E-state index in [-0.39, 0.29) is 23.5 Å². The third-order valence-electron chi connectivity index (χ3n) is 5.40. The van der Waals surface area contributed by atoms with Crippen LogP contribution in [0.5, 0.6) is 0 Å². The number of nitrogens with one attached hydrogen (secondary N) is 1. The van der Waals surface area contributed by atoms with Crippen LogP contribution in [0, 0.1) is 5.82 Å². The maximum absolute atomic E-state index is 14.3. The lowest BCUT2D eigenvalue weighted by atomic mass is 9.97. The first-order valence-corrected chi connectivity index (χ1v) is 11.3. The zero-order valence-corrected chi connectivity index (χ0v) is 18.0. The second-order valence-corrected chi connectivity index (χ2v) is 8.56. The Labute approximate surface area is 180 Å². The van der Waals surface area contributed by atoms with Gasteiger partial charge in [-0.1, -0.05) is 55.9 Å². The molecule has 0 bridgehead atoms. The topological polar surface area (TPSA) is 59.8 Å². The number of halogens is 1. The predicted molar refractivity (Wildman–Crippen MR) is 118 cm³/mol. The van der Waals surface area contributed by atoms with E-state index in [0.717, 1.165) is 30.5 Å². The van der Waals surface area contributed by atoms with Crippen molar-refractivity contribution in [2.24, 2.45) is 0 Å². The van der Waals surface area contributed by atoms with Crippen LogP contribution in [0.1, 0.15) is 50.6 Å². The highest BCUT2D eigenvalue weighted by atomic mass is 32.2. The summed E-state index contributed by atoms with van der Waals surface area (Å²) in [5.74, 6) is 0.712. The van der Waals surface area contributed by atoms with E-state index >= 15 is 0 Å². The molecule has 1 fully saturated rings. The molecule has 1 heterocycles. The molecule has 156 valence electrons. The third kappa shape index (κ3) is 4.41. The van der Waals surface area contributed by atoms with Gasteiger partial charge in [-0.2, -0.15) is 0 Å². The SMILES string of the molecule is CC[C@@H](C)c1ccccc1NC(=O)CSc1nnc(-c2ccccc2F)n1C1CC1. The summed E-state index contributed by atoms with van der Waals surface area (Å²) in [5.41, 5.74) is 2.44. The molecule has 1 aliphatic carbocycles. The predicted octanol–water partition coefficient (Wildman–Crippen LogP) is 5.66. The second-order valence-electron chi connectivity index (χ2n) is 7.62. The molecule has 0 aliphatic heterocycles. The van der Waals surface area contributed by atoms with Crippen LogP contribution < -0.4 is 5.32 Å². The van der Waals surface area contributed by atoms with Crippen molar-refractivity contribution in [2.45, 2.75) is 50.2 Å². The number of rotatable bonds is 8. The van der Waals surface area contributed by atoms with Crippen LogP contribution >= 0.6 is 11.8 Å². The standard InChI is InChI=1S/C23H25FN4OS/c1-3-15(2)17-8-5-7-11-20(17)25-21(29)14-30-23-27-26-22(28(23)16-12-13-16)18-9-4-6-10-19(18)24/h4-11,15-16H,3,12-14H2,1-2H3,(H,25,29)/t15-/m1/s1. The molecule has 0 unspecified atom stereocenters. The molecule has 2 aromatic carbocycles. The number of nitrogens with zero attached hydrogens (tertiary/aromatic N) is 3. The average Bonchev–Trinajstić information content (AvgIpc) is 3.51. The van der Waals surface area contributed by atoms with Crippen molar-refractivity contribution >= 4 is 23.4 Å². The van der Waals surface area contributed by atoms with Gasteiger partial charge < -0.3 is 5.32 Å². The van der Waals surface area contributed by atoms with Crippen molar-refractivity contribution in [1.82, 2.24) is 14.8 Å². The van der Waals surface area contributed by atoms with Gasteiger partial charge in [0.15, 0.2) is 11.0 Å². The van der Waals surface area contributed by atoms with E-state index in [9.17, 15) is 9.18 Å². The molecule has 1 saturated carbocycles. The minimum absolute atomic E-state index is 0.0893. The van der Waals surface area contributed by atoms with Crippen LogP contribution in [0.25, 0.3) is 11.4 Å². The number of amides is 1. The Morgan fingerprint density at radius 1 is 1.20 bits per heavy atom. The minimum Gasteiger partial charge on any atom is -0.325 e. The van der Waals surface area contributed by atoms with Crippen molar-refractivity contribution in [3.8, 4) is 11.4 Å². The fourth-order valence-electron chi connectivity index (χ4n) is 3.44. The molecule has 7 heteroatoms. The van der Waals surface area contributed by atoms with E-state index in [2.05, 4.69) is 35.4 Å². The number of thioether (sulfide) groups is 1. The summed E-state index contributed by atoms with van der Waals surface area (Å²) < 4.78 is 16.3. The number of anilines is 1. The fourth-order valence-corrected chi connectivity index (χ4v) is 4.25. The van der Waals surface area contributed by atoms with E-state index in [1.54, 1.807) is 18.2 Å². The van der Waals surface area contributed by atoms with Gasteiger partial charge in [0.2, 0.25) is 5.91 Å². The average molecular weight is 425 g/mol. The van der Waals surface area contributed by atoms with Gasteiger partial charge in [0.25, 0.3) is 0 Å². The van der Waals surface area contributed by atoms with Crippen LogP contribution in [0.3, 0.4) is 0 Å². The molecular formula is C23H25FN4OS. The highest BCUT2D eigenvalue weighted by Crippen LogP contribution is 2.41. The van der Waals surface area contributed by atoms with E-state index in [1.165, 1.54) is 17.8 Å². The molecule has 0 saturated heterocycles. The summed E-state index contributed by atoms with van der Waals surface area (Å²) in [6.07, 6.45) is 3.04. The Balaban J connectivity index is 1.49. The summed E-state index contributed by atoms with van der Waals surface area (Å²) >= 11 is 1.34. The number of para-hydroxylation sites is 1. The summed E-state index contributed by atoms with van der Waals surface area (Å²) in [4.78, 5) is 12.6. The van der Waals surface area contributed by atoms with Crippen molar-refractivity contribution in [2.75, 3.05) is 11.1 Å². The van der Waals surface area contributed by atoms with Crippen LogP contribution in [-0.2, 0) is 4.79 Å². The van der Waals surface area contributed by atoms with Crippen molar-refractivity contribution in [1.29, 1.82) is 0 Å². The Morgan fingerprint density at radius 3 is 2.67 bits per heavy atom. The van der Waals surface area contributed by atoms with Crippen LogP contribution in [0.4, 0.5) is 10.1 Å². The Morgan fingerprint density at radius 2 is 1.93 bits per heavy atom. The maximum atomic E-state index is 14.3. The van der Waals surface area contributed by atoms with Gasteiger partial charge >= 0.3 is 0 Å². The first kappa shape index (κ1) is 20.6. The van der Waals surface area contributed by atoms with Crippen LogP contribution in [-0.4, -0.2) is 26.4 Å². The lowest BCUT2D eigenvalue weighted by molar-refractivity contribution is -0.113. The molecule has 3 aromatic rings. The third-order valence-corrected chi connectivity index (χ3v) is 6.34. The quantitative estimate of drug-likeness (QED) is 0.474. The normalized spacial score (nSPS) is 14.5. The first-order valence-electron chi connectivity index (χ1n) is 10.3. The van der Waals surface area contributed by atoms with Gasteiger partial charge in [0.05, 0.1) is 11.3 Å². The number of carbonyl (C=O) groups is 1. The molecule has 0 spiro atoms. The number of hydrogen-bond acceptors (Lipinski definition) is 4. The maximum Gasteiger partial charge on any atom is 0.234 e. The number of aromatic nitrogens is 3. The van der Waals surface area contributed by atoms with Gasteiger partial charge in [-0.3, -0.25) is 9.36 Å². The summed E-state index contributed by atoms with van der Waals surface area (Å²) in [6.45, 7) is 4.29. The molecule has 1 N–H and O–H groups in total. The van der Waals surface area contributed by atoms with Gasteiger partial charge in [-0.05, 0) is 48.9 Å². The Kier molecular flexibility index (Phi) is 6.18. The summed E-state index contributed by atoms with van der Waals surface area (Å²) in [5, 5.41) is 12.2. The van der Waals surface area contributed by atoms with E-state index in [4.69, 9.17) is 0 Å². The minimum atomic E-state index is -0.317. The van der Waals surface area contributed by atoms with Gasteiger partial charge in [-0.15, -0.1) is 10.2 Å². The molecule has 30 heavy (non-hydrogen) atoms. The first-order chi connectivity index (χ1) is 14.6. The lowest BCUT2D eigenvalue weighted by Gasteiger charge is -2.15. The summed E-state index contributed by atoms with van der Waals surface area (Å²) in [7, 11) is 0.